The maximum Gasteiger partial charge on any atom is 0.247 e. The van der Waals surface area contributed by atoms with Crippen LogP contribution in [0.25, 0.3) is 0 Å². The highest BCUT2D eigenvalue weighted by molar-refractivity contribution is 8.02. The topological polar surface area (TPSA) is 90.4 Å². The molecule has 0 radical (unpaired) electrons. The van der Waals surface area contributed by atoms with Gasteiger partial charge in [0.1, 0.15) is 11.8 Å². The normalized spacial score (nSPS) is 28.4. The Morgan fingerprint density at radius 1 is 0.977 bits per heavy atom. The molecule has 1 unspecified atom stereocenters. The number of rotatable bonds is 10. The van der Waals surface area contributed by atoms with Gasteiger partial charge in [0.05, 0.1) is 35.8 Å². The Morgan fingerprint density at radius 2 is 1.75 bits per heavy atom. The summed E-state index contributed by atoms with van der Waals surface area (Å²) in [5.74, 6) is -1.11. The van der Waals surface area contributed by atoms with Crippen molar-refractivity contribution in [3.8, 4) is 5.75 Å². The molecule has 4 heterocycles. The largest absolute Gasteiger partial charge is 0.494 e. The van der Waals surface area contributed by atoms with Crippen LogP contribution in [0.2, 0.25) is 0 Å². The molecule has 44 heavy (non-hydrogen) atoms. The van der Waals surface area contributed by atoms with E-state index in [0.717, 1.165) is 29.8 Å². The van der Waals surface area contributed by atoms with Crippen molar-refractivity contribution in [2.24, 2.45) is 11.8 Å². The smallest absolute Gasteiger partial charge is 0.247 e. The van der Waals surface area contributed by atoms with Gasteiger partial charge in [-0.25, -0.2) is 0 Å². The van der Waals surface area contributed by atoms with Gasteiger partial charge in [-0.3, -0.25) is 14.4 Å². The summed E-state index contributed by atoms with van der Waals surface area (Å²) in [7, 11) is 0. The molecule has 3 amide bonds. The number of benzene rings is 2. The summed E-state index contributed by atoms with van der Waals surface area (Å²) in [6.07, 6.45) is 10.3. The molecule has 0 aliphatic carbocycles. The van der Waals surface area contributed by atoms with Gasteiger partial charge in [0.2, 0.25) is 17.7 Å². The zero-order valence-corrected chi connectivity index (χ0v) is 26.2. The van der Waals surface area contributed by atoms with E-state index in [2.05, 4.69) is 13.0 Å². The molecule has 2 aromatic rings. The van der Waals surface area contributed by atoms with E-state index < -0.39 is 28.7 Å². The van der Waals surface area contributed by atoms with E-state index in [1.54, 1.807) is 21.6 Å². The van der Waals surface area contributed by atoms with Gasteiger partial charge >= 0.3 is 0 Å². The first-order valence-electron chi connectivity index (χ1n) is 15.8. The molecule has 9 heteroatoms. The second-order valence-corrected chi connectivity index (χ2v) is 13.4. The zero-order chi connectivity index (χ0) is 30.8. The molecule has 8 nitrogen and oxygen atoms in total. The number of thioether (sulfide) groups is 1. The molecule has 1 N–H and O–H groups in total. The quantitative estimate of drug-likeness (QED) is 0.405. The van der Waals surface area contributed by atoms with Crippen molar-refractivity contribution >= 4 is 35.2 Å². The minimum Gasteiger partial charge on any atom is -0.494 e. The minimum absolute atomic E-state index is 0.102. The SMILES string of the molecule is CCCCN1CC=C[C@]23S[C@H]4C=CCN(c5ccc(OCC)cc5)C(=O)[C@H]4[C@H]2C(=O)N([C@@H](CO)Cc2ccccc2)C3C1=O. The van der Waals surface area contributed by atoms with Gasteiger partial charge in [0, 0.05) is 30.6 Å². The maximum atomic E-state index is 14.8. The summed E-state index contributed by atoms with van der Waals surface area (Å²) >= 11 is 1.57. The predicted octanol–water partition coefficient (Wildman–Crippen LogP) is 4.09. The molecule has 0 aromatic heterocycles. The number of amides is 3. The molecule has 0 bridgehead atoms. The lowest BCUT2D eigenvalue weighted by Gasteiger charge is -2.38. The van der Waals surface area contributed by atoms with Crippen LogP contribution in [0, 0.1) is 11.8 Å². The summed E-state index contributed by atoms with van der Waals surface area (Å²) in [5.41, 5.74) is 1.72. The van der Waals surface area contributed by atoms with E-state index in [0.29, 0.717) is 32.7 Å². The van der Waals surface area contributed by atoms with Gasteiger partial charge in [-0.2, -0.15) is 0 Å². The third-order valence-corrected chi connectivity index (χ3v) is 11.1. The number of likely N-dealkylation sites (tertiary alicyclic amines) is 1. The number of hydrogen-bond acceptors (Lipinski definition) is 6. The van der Waals surface area contributed by atoms with Crippen molar-refractivity contribution in [1.82, 2.24) is 9.80 Å². The van der Waals surface area contributed by atoms with E-state index in [1.807, 2.05) is 84.6 Å². The van der Waals surface area contributed by atoms with Gasteiger partial charge in [-0.15, -0.1) is 11.8 Å². The van der Waals surface area contributed by atoms with Crippen LogP contribution in [0.15, 0.2) is 78.9 Å². The number of ether oxygens (including phenoxy) is 1. The molecule has 2 saturated heterocycles. The van der Waals surface area contributed by atoms with E-state index in [1.165, 1.54) is 0 Å². The van der Waals surface area contributed by atoms with Crippen LogP contribution >= 0.6 is 11.8 Å². The number of unbranched alkanes of at least 4 members (excludes halogenated alkanes) is 1. The van der Waals surface area contributed by atoms with E-state index in [-0.39, 0.29) is 29.6 Å². The number of hydrogen-bond donors (Lipinski definition) is 1. The van der Waals surface area contributed by atoms with Gasteiger partial charge in [-0.1, -0.05) is 68.0 Å². The standard InChI is InChI=1S/C35H41N3O5S/c1-3-5-19-36-20-10-18-35-30(33(41)38(31(35)34(36)42)26(23-39)22-24-11-7-6-8-12-24)29-28(44-35)13-9-21-37(32(29)40)25-14-16-27(17-15-25)43-4-2/h6-18,26,28-31,39H,3-5,19-23H2,1-2H3/t26-,28+,29-,30+,31?,35+/m1/s1. The summed E-state index contributed by atoms with van der Waals surface area (Å²) < 4.78 is 4.69. The van der Waals surface area contributed by atoms with E-state index in [4.69, 9.17) is 4.74 Å². The average molecular weight is 616 g/mol. The molecular weight excluding hydrogens is 574 g/mol. The highest BCUT2D eigenvalue weighted by Gasteiger charge is 2.71. The maximum absolute atomic E-state index is 14.8. The molecule has 0 saturated carbocycles. The minimum atomic E-state index is -0.920. The monoisotopic (exact) mass is 615 g/mol. The summed E-state index contributed by atoms with van der Waals surface area (Å²) in [6.45, 7) is 5.76. The zero-order valence-electron chi connectivity index (χ0n) is 25.4. The fourth-order valence-electron chi connectivity index (χ4n) is 7.32. The van der Waals surface area contributed by atoms with Crippen LogP contribution in [0.3, 0.4) is 0 Å². The van der Waals surface area contributed by atoms with Crippen molar-refractivity contribution in [2.45, 2.75) is 55.2 Å². The Balaban J connectivity index is 1.41. The van der Waals surface area contributed by atoms with Crippen molar-refractivity contribution < 1.29 is 24.2 Å². The molecule has 4 aliphatic heterocycles. The first-order chi connectivity index (χ1) is 21.4. The molecule has 2 aromatic carbocycles. The Labute approximate surface area is 263 Å². The molecule has 232 valence electrons. The number of carbonyl (C=O) groups is 3. The van der Waals surface area contributed by atoms with Crippen molar-refractivity contribution in [2.75, 3.05) is 37.7 Å². The van der Waals surface area contributed by atoms with Gasteiger partial charge < -0.3 is 24.5 Å². The predicted molar refractivity (Wildman–Crippen MR) is 172 cm³/mol. The third-order valence-electron chi connectivity index (χ3n) is 9.34. The molecule has 4 aliphatic rings. The lowest BCUT2D eigenvalue weighted by atomic mass is 9.78. The number of aliphatic hydroxyl groups is 1. The highest BCUT2D eigenvalue weighted by atomic mass is 32.2. The van der Waals surface area contributed by atoms with Crippen molar-refractivity contribution in [1.29, 1.82) is 0 Å². The van der Waals surface area contributed by atoms with Crippen molar-refractivity contribution in [3.05, 3.63) is 84.5 Å². The van der Waals surface area contributed by atoms with E-state index >= 15 is 0 Å². The lowest BCUT2D eigenvalue weighted by Crippen LogP contribution is -2.57. The molecule has 6 atom stereocenters. The number of fused-ring (bicyclic) bond motifs is 2. The molecule has 1 spiro atoms. The lowest BCUT2D eigenvalue weighted by molar-refractivity contribution is -0.145. The third kappa shape index (κ3) is 5.24. The van der Waals surface area contributed by atoms with Crippen LogP contribution in [0.5, 0.6) is 5.75 Å². The highest BCUT2D eigenvalue weighted by Crippen LogP contribution is 2.61. The summed E-state index contributed by atoms with van der Waals surface area (Å²) in [4.78, 5) is 49.0. The first-order valence-corrected chi connectivity index (χ1v) is 16.6. The average Bonchev–Trinajstić information content (AvgIpc) is 3.36. The van der Waals surface area contributed by atoms with Crippen LogP contribution in [-0.2, 0) is 20.8 Å². The second-order valence-electron chi connectivity index (χ2n) is 12.0. The fourth-order valence-corrected chi connectivity index (χ4v) is 9.32. The number of anilines is 1. The summed E-state index contributed by atoms with van der Waals surface area (Å²) in [6, 6.07) is 15.8. The molecule has 2 fully saturated rings. The van der Waals surface area contributed by atoms with Gasteiger partial charge in [-0.05, 0) is 49.6 Å². The van der Waals surface area contributed by atoms with Crippen LogP contribution in [0.1, 0.15) is 32.3 Å². The number of carbonyl (C=O) groups excluding carboxylic acids is 3. The summed E-state index contributed by atoms with van der Waals surface area (Å²) in [5, 5.41) is 10.5. The number of aliphatic hydroxyl groups excluding tert-OH is 1. The number of nitrogens with zero attached hydrogens (tertiary/aromatic N) is 3. The molecule has 6 rings (SSSR count). The Morgan fingerprint density at radius 3 is 2.45 bits per heavy atom. The van der Waals surface area contributed by atoms with Gasteiger partial charge in [0.15, 0.2) is 0 Å². The first kappa shape index (κ1) is 30.5. The second kappa shape index (κ2) is 12.8. The van der Waals surface area contributed by atoms with Crippen LogP contribution in [0.4, 0.5) is 5.69 Å². The van der Waals surface area contributed by atoms with Crippen LogP contribution in [-0.4, -0.2) is 87.6 Å². The molecular formula is C35H41N3O5S. The van der Waals surface area contributed by atoms with E-state index in [9.17, 15) is 19.5 Å². The fraction of sp³-hybridized carbons (Fsp3) is 0.457. The Bertz CT molecular complexity index is 1430. The van der Waals surface area contributed by atoms with Gasteiger partial charge in [0.25, 0.3) is 0 Å². The van der Waals surface area contributed by atoms with Crippen LogP contribution < -0.4 is 9.64 Å². The Hall–Kier alpha value is -3.56. The Kier molecular flexibility index (Phi) is 8.87. The van der Waals surface area contributed by atoms with Crippen molar-refractivity contribution in [3.63, 3.8) is 0 Å².